The Balaban J connectivity index is 0.914. The summed E-state index contributed by atoms with van der Waals surface area (Å²) in [7, 11) is 0. The van der Waals surface area contributed by atoms with Gasteiger partial charge in [0.2, 0.25) is 0 Å². The van der Waals surface area contributed by atoms with Crippen LogP contribution in [-0.2, 0) is 22.7 Å². The fourth-order valence-electron chi connectivity index (χ4n) is 9.00. The molecule has 54 heavy (non-hydrogen) atoms. The number of rotatable bonds is 4. The van der Waals surface area contributed by atoms with Crippen LogP contribution in [0.1, 0.15) is 115 Å². The molecule has 2 saturated carbocycles. The zero-order chi connectivity index (χ0) is 37.4. The highest BCUT2D eigenvalue weighted by atomic mass is 16.6. The zero-order valence-electron chi connectivity index (χ0n) is 31.9. The fourth-order valence-corrected chi connectivity index (χ4v) is 9.00. The standard InChI is InChI=1S/C42H48N6O6/c1-39(2,3)53-37(49)47-21-41(7-8-41)15-29(47)35-43-17-27(45-35)23-11-25-19-52-32-14-24(12-26-20-51-31(13-23)33(25)34(26)32)28-18-44-36(46-28)30-16-42(9-10-42)22-48(30)38(50)54-40(4,5)6/h11-14,17-18,29-30H,7-10,15-16,19-22H2,1-6H3,(H,43,45)(H,44,46)/t29-,30-/m0/s1. The summed E-state index contributed by atoms with van der Waals surface area (Å²) < 4.78 is 24.5. The lowest BCUT2D eigenvalue weighted by molar-refractivity contribution is 0.0202. The van der Waals surface area contributed by atoms with E-state index in [2.05, 4.69) is 34.2 Å². The Morgan fingerprint density at radius 3 is 1.46 bits per heavy atom. The van der Waals surface area contributed by atoms with Crippen molar-refractivity contribution in [1.29, 1.82) is 0 Å². The molecule has 0 unspecified atom stereocenters. The predicted molar refractivity (Wildman–Crippen MR) is 200 cm³/mol. The molecule has 2 aromatic heterocycles. The van der Waals surface area contributed by atoms with Gasteiger partial charge >= 0.3 is 12.2 Å². The van der Waals surface area contributed by atoms with E-state index in [4.69, 9.17) is 28.9 Å². The van der Waals surface area contributed by atoms with E-state index in [1.165, 1.54) is 0 Å². The third-order valence-corrected chi connectivity index (χ3v) is 12.0. The number of hydrogen-bond acceptors (Lipinski definition) is 8. The molecule has 2 spiro atoms. The summed E-state index contributed by atoms with van der Waals surface area (Å²) in [5, 5.41) is 0. The molecule has 6 aliphatic rings. The Kier molecular flexibility index (Phi) is 7.00. The van der Waals surface area contributed by atoms with Gasteiger partial charge in [-0.05, 0) is 115 Å². The minimum Gasteiger partial charge on any atom is -0.488 e. The summed E-state index contributed by atoms with van der Waals surface area (Å²) in [5.41, 5.74) is 7.12. The Morgan fingerprint density at radius 1 is 0.685 bits per heavy atom. The minimum atomic E-state index is -0.563. The zero-order valence-corrected chi connectivity index (χ0v) is 31.9. The van der Waals surface area contributed by atoms with Gasteiger partial charge in [0.25, 0.3) is 0 Å². The maximum absolute atomic E-state index is 13.2. The summed E-state index contributed by atoms with van der Waals surface area (Å²) in [5.74, 6) is 3.20. The van der Waals surface area contributed by atoms with E-state index in [0.717, 1.165) is 106 Å². The third-order valence-electron chi connectivity index (χ3n) is 12.0. The summed E-state index contributed by atoms with van der Waals surface area (Å²) in [6.45, 7) is 13.6. The second kappa shape index (κ2) is 11.3. The topological polar surface area (TPSA) is 135 Å². The number of likely N-dealkylation sites (tertiary alicyclic amines) is 2. The maximum Gasteiger partial charge on any atom is 0.410 e. The fraction of sp³-hybridized carbons (Fsp3) is 0.524. The first-order valence-electron chi connectivity index (χ1n) is 19.3. The van der Waals surface area contributed by atoms with E-state index in [-0.39, 0.29) is 35.1 Å². The molecule has 10 rings (SSSR count). The van der Waals surface area contributed by atoms with Crippen LogP contribution < -0.4 is 9.47 Å². The van der Waals surface area contributed by atoms with Gasteiger partial charge in [-0.15, -0.1) is 0 Å². The van der Waals surface area contributed by atoms with Crippen LogP contribution in [0.4, 0.5) is 9.59 Å². The van der Waals surface area contributed by atoms with Crippen molar-refractivity contribution < 1.29 is 28.5 Å². The summed E-state index contributed by atoms with van der Waals surface area (Å²) in [6.07, 6.45) is 9.44. The molecule has 2 aliphatic carbocycles. The number of imidazole rings is 2. The number of benzene rings is 2. The Morgan fingerprint density at radius 2 is 1.09 bits per heavy atom. The predicted octanol–water partition coefficient (Wildman–Crippen LogP) is 8.84. The van der Waals surface area contributed by atoms with E-state index in [1.807, 2.05) is 63.7 Å². The number of nitrogens with one attached hydrogen (secondary N) is 2. The molecule has 4 aliphatic heterocycles. The smallest absolute Gasteiger partial charge is 0.410 e. The van der Waals surface area contributed by atoms with Crippen LogP contribution in [0.2, 0.25) is 0 Å². The van der Waals surface area contributed by atoms with Gasteiger partial charge in [-0.2, -0.15) is 0 Å². The first-order valence-corrected chi connectivity index (χ1v) is 19.3. The normalized spacial score (nSPS) is 22.6. The van der Waals surface area contributed by atoms with Crippen LogP contribution in [0.3, 0.4) is 0 Å². The first-order chi connectivity index (χ1) is 25.6. The lowest BCUT2D eigenvalue weighted by atomic mass is 9.87. The monoisotopic (exact) mass is 732 g/mol. The number of carbonyl (C=O) groups is 2. The first kappa shape index (κ1) is 33.6. The van der Waals surface area contributed by atoms with E-state index < -0.39 is 11.2 Å². The molecule has 2 saturated heterocycles. The second-order valence-electron chi connectivity index (χ2n) is 18.6. The Labute approximate surface area is 314 Å². The van der Waals surface area contributed by atoms with Crippen molar-refractivity contribution >= 4 is 12.2 Å². The molecular weight excluding hydrogens is 684 g/mol. The van der Waals surface area contributed by atoms with Gasteiger partial charge in [0.1, 0.15) is 47.6 Å². The number of aromatic nitrogens is 4. The SMILES string of the molecule is CC(C)(C)OC(=O)N1CC2(CC2)C[C@H]1c1ncc(-c2cc3c4c(c2)OCc2cc(-c5cnc([C@@H]6CC7(CC7)CN6C(=O)OC(C)(C)C)[nH]5)cc(c2-4)OC3)[nH]1. The highest BCUT2D eigenvalue weighted by Crippen LogP contribution is 2.60. The molecule has 2 atom stereocenters. The van der Waals surface area contributed by atoms with Crippen molar-refractivity contribution in [3.63, 3.8) is 0 Å². The van der Waals surface area contributed by atoms with E-state index >= 15 is 0 Å². The molecule has 12 heteroatoms. The third kappa shape index (κ3) is 5.80. The van der Waals surface area contributed by atoms with Crippen LogP contribution >= 0.6 is 0 Å². The van der Waals surface area contributed by atoms with Crippen molar-refractivity contribution in [2.24, 2.45) is 10.8 Å². The minimum absolute atomic E-state index is 0.154. The lowest BCUT2D eigenvalue weighted by Gasteiger charge is -2.30. The highest BCUT2D eigenvalue weighted by Gasteiger charge is 2.56. The number of carbonyl (C=O) groups excluding carboxylic acids is 2. The summed E-state index contributed by atoms with van der Waals surface area (Å²) >= 11 is 0. The van der Waals surface area contributed by atoms with Gasteiger partial charge < -0.3 is 28.9 Å². The highest BCUT2D eigenvalue weighted by molar-refractivity contribution is 5.88. The largest absolute Gasteiger partial charge is 0.488 e. The molecule has 4 fully saturated rings. The van der Waals surface area contributed by atoms with Crippen LogP contribution in [0.5, 0.6) is 11.5 Å². The quantitative estimate of drug-likeness (QED) is 0.213. The number of hydrogen-bond donors (Lipinski definition) is 2. The Bertz CT molecular complexity index is 2010. The van der Waals surface area contributed by atoms with Gasteiger partial charge in [0.15, 0.2) is 0 Å². The molecule has 4 aromatic rings. The molecule has 0 bridgehead atoms. The molecule has 12 nitrogen and oxygen atoms in total. The van der Waals surface area contributed by atoms with Crippen molar-refractivity contribution in [2.45, 2.75) is 117 Å². The summed E-state index contributed by atoms with van der Waals surface area (Å²) in [6, 6.07) is 8.16. The molecule has 0 radical (unpaired) electrons. The van der Waals surface area contributed by atoms with Gasteiger partial charge in [0, 0.05) is 46.5 Å². The van der Waals surface area contributed by atoms with Gasteiger partial charge in [-0.25, -0.2) is 19.6 Å². The Hall–Kier alpha value is -5.00. The number of ether oxygens (including phenoxy) is 4. The van der Waals surface area contributed by atoms with Crippen LogP contribution in [0.15, 0.2) is 36.7 Å². The van der Waals surface area contributed by atoms with Crippen LogP contribution in [-0.4, -0.2) is 66.2 Å². The second-order valence-corrected chi connectivity index (χ2v) is 18.6. The average molecular weight is 733 g/mol. The van der Waals surface area contributed by atoms with Gasteiger partial charge in [-0.1, -0.05) is 0 Å². The van der Waals surface area contributed by atoms with E-state index in [1.54, 1.807) is 0 Å². The van der Waals surface area contributed by atoms with Crippen molar-refractivity contribution in [1.82, 2.24) is 29.7 Å². The molecule has 6 heterocycles. The van der Waals surface area contributed by atoms with Crippen molar-refractivity contribution in [3.8, 4) is 45.1 Å². The number of nitrogens with zero attached hydrogens (tertiary/aromatic N) is 4. The summed E-state index contributed by atoms with van der Waals surface area (Å²) in [4.78, 5) is 46.9. The van der Waals surface area contributed by atoms with E-state index in [0.29, 0.717) is 26.3 Å². The van der Waals surface area contributed by atoms with Crippen LogP contribution in [0, 0.1) is 10.8 Å². The maximum atomic E-state index is 13.2. The molecular formula is C42H48N6O6. The average Bonchev–Trinajstić information content (AvgIpc) is 3.68. The van der Waals surface area contributed by atoms with Crippen molar-refractivity contribution in [3.05, 3.63) is 59.4 Å². The lowest BCUT2D eigenvalue weighted by Crippen LogP contribution is -2.37. The van der Waals surface area contributed by atoms with Crippen LogP contribution in [0.25, 0.3) is 33.6 Å². The molecule has 2 aromatic carbocycles. The van der Waals surface area contributed by atoms with Crippen molar-refractivity contribution in [2.75, 3.05) is 13.1 Å². The van der Waals surface area contributed by atoms with Gasteiger partial charge in [0.05, 0.1) is 35.9 Å². The number of aromatic amines is 2. The molecule has 2 N–H and O–H groups in total. The van der Waals surface area contributed by atoms with E-state index in [9.17, 15) is 9.59 Å². The molecule has 282 valence electrons. The molecule has 2 amide bonds. The number of amides is 2. The van der Waals surface area contributed by atoms with Gasteiger partial charge in [-0.3, -0.25) is 9.80 Å². The number of H-pyrrole nitrogens is 2.